The summed E-state index contributed by atoms with van der Waals surface area (Å²) >= 11 is 0. The number of nitrogens with one attached hydrogen (secondary N) is 2. The maximum absolute atomic E-state index is 12.5. The number of hydrogen-bond donors (Lipinski definition) is 2. The number of alkyl halides is 3. The minimum absolute atomic E-state index is 0.114. The smallest absolute Gasteiger partial charge is 0.334 e. The number of nitrogens with zero attached hydrogens (tertiary/aromatic N) is 1. The van der Waals surface area contributed by atoms with Crippen LogP contribution in [0.15, 0.2) is 35.8 Å². The van der Waals surface area contributed by atoms with Gasteiger partial charge in [0.1, 0.15) is 6.54 Å². The Labute approximate surface area is 117 Å². The van der Waals surface area contributed by atoms with E-state index in [-0.39, 0.29) is 6.54 Å². The van der Waals surface area contributed by atoms with Gasteiger partial charge in [-0.3, -0.25) is 14.9 Å². The van der Waals surface area contributed by atoms with E-state index in [9.17, 15) is 27.6 Å². The quantitative estimate of drug-likeness (QED) is 0.810. The molecule has 114 valence electrons. The Balaban J connectivity index is 2.78. The van der Waals surface area contributed by atoms with Crippen LogP contribution in [0.3, 0.4) is 0 Å². The van der Waals surface area contributed by atoms with Crippen LogP contribution in [-0.4, -0.2) is 23.1 Å². The summed E-state index contributed by atoms with van der Waals surface area (Å²) in [6.45, 7) is 2.75. The van der Waals surface area contributed by atoms with Gasteiger partial charge in [-0.15, -0.1) is 6.58 Å². The number of urea groups is 1. The lowest BCUT2D eigenvalue weighted by Gasteiger charge is -2.10. The SMILES string of the molecule is C=CCNC(=O)NC(=O)Cn1cc(C(F)(F)F)ccc1=O. The van der Waals surface area contributed by atoms with Gasteiger partial charge in [-0.25, -0.2) is 4.79 Å². The Hall–Kier alpha value is -2.58. The molecule has 21 heavy (non-hydrogen) atoms. The molecule has 0 saturated heterocycles. The molecule has 1 heterocycles. The summed E-state index contributed by atoms with van der Waals surface area (Å²) < 4.78 is 38.1. The van der Waals surface area contributed by atoms with Crippen LogP contribution in [-0.2, 0) is 17.5 Å². The zero-order chi connectivity index (χ0) is 16.0. The summed E-state index contributed by atoms with van der Waals surface area (Å²) in [6, 6.07) is 0.487. The number of imide groups is 1. The number of carbonyl (C=O) groups excluding carboxylic acids is 2. The molecule has 0 aliphatic heterocycles. The van der Waals surface area contributed by atoms with Crippen LogP contribution in [0.2, 0.25) is 0 Å². The van der Waals surface area contributed by atoms with Crippen LogP contribution in [0.1, 0.15) is 5.56 Å². The molecule has 0 radical (unpaired) electrons. The molecule has 1 rings (SSSR count). The van der Waals surface area contributed by atoms with Crippen LogP contribution in [0.4, 0.5) is 18.0 Å². The van der Waals surface area contributed by atoms with Crippen molar-refractivity contribution >= 4 is 11.9 Å². The fraction of sp³-hybridized carbons (Fsp3) is 0.250. The first-order chi connectivity index (χ1) is 9.74. The molecular formula is C12H12F3N3O3. The second-order valence-electron chi connectivity index (χ2n) is 3.93. The van der Waals surface area contributed by atoms with Gasteiger partial charge in [0.25, 0.3) is 5.56 Å². The van der Waals surface area contributed by atoms with Gasteiger partial charge in [-0.2, -0.15) is 13.2 Å². The maximum atomic E-state index is 12.5. The van der Waals surface area contributed by atoms with Gasteiger partial charge >= 0.3 is 12.2 Å². The summed E-state index contributed by atoms with van der Waals surface area (Å²) in [5.41, 5.74) is -1.85. The third-order valence-corrected chi connectivity index (χ3v) is 2.28. The van der Waals surface area contributed by atoms with Crippen LogP contribution >= 0.6 is 0 Å². The number of carbonyl (C=O) groups is 2. The molecule has 1 aromatic heterocycles. The Morgan fingerprint density at radius 3 is 2.57 bits per heavy atom. The average Bonchev–Trinajstić information content (AvgIpc) is 2.37. The fourth-order valence-corrected chi connectivity index (χ4v) is 1.35. The lowest BCUT2D eigenvalue weighted by atomic mass is 10.3. The van der Waals surface area contributed by atoms with Crippen molar-refractivity contribution in [2.45, 2.75) is 12.7 Å². The van der Waals surface area contributed by atoms with Crippen LogP contribution in [0, 0.1) is 0 Å². The number of pyridine rings is 1. The highest BCUT2D eigenvalue weighted by molar-refractivity contribution is 5.94. The summed E-state index contributed by atoms with van der Waals surface area (Å²) in [5.74, 6) is -0.919. The van der Waals surface area contributed by atoms with Gasteiger partial charge in [0, 0.05) is 18.8 Å². The molecule has 0 bridgehead atoms. The first kappa shape index (κ1) is 16.5. The van der Waals surface area contributed by atoms with Crippen molar-refractivity contribution < 1.29 is 22.8 Å². The van der Waals surface area contributed by atoms with E-state index in [2.05, 4.69) is 11.9 Å². The molecule has 0 saturated carbocycles. The van der Waals surface area contributed by atoms with Gasteiger partial charge in [0.2, 0.25) is 5.91 Å². The number of rotatable bonds is 4. The van der Waals surface area contributed by atoms with Crippen molar-refractivity contribution in [3.63, 3.8) is 0 Å². The molecule has 0 unspecified atom stereocenters. The zero-order valence-corrected chi connectivity index (χ0v) is 10.7. The van der Waals surface area contributed by atoms with E-state index in [4.69, 9.17) is 0 Å². The summed E-state index contributed by atoms with van der Waals surface area (Å²) in [7, 11) is 0. The largest absolute Gasteiger partial charge is 0.417 e. The number of aromatic nitrogens is 1. The third kappa shape index (κ3) is 5.13. The maximum Gasteiger partial charge on any atom is 0.417 e. The van der Waals surface area contributed by atoms with Crippen LogP contribution in [0.5, 0.6) is 0 Å². The van der Waals surface area contributed by atoms with E-state index in [1.807, 2.05) is 5.32 Å². The number of halogens is 3. The van der Waals surface area contributed by atoms with Crippen molar-refractivity contribution in [2.75, 3.05) is 6.54 Å². The van der Waals surface area contributed by atoms with Gasteiger partial charge in [0.05, 0.1) is 5.56 Å². The lowest BCUT2D eigenvalue weighted by molar-refractivity contribution is -0.138. The first-order valence-electron chi connectivity index (χ1n) is 5.70. The van der Waals surface area contributed by atoms with Gasteiger partial charge < -0.3 is 9.88 Å². The molecule has 0 spiro atoms. The van der Waals surface area contributed by atoms with Gasteiger partial charge in [0.15, 0.2) is 0 Å². The van der Waals surface area contributed by atoms with Crippen LogP contribution in [0.25, 0.3) is 0 Å². The van der Waals surface area contributed by atoms with E-state index < -0.39 is 35.8 Å². The Bertz CT molecular complexity index is 608. The molecule has 0 atom stereocenters. The highest BCUT2D eigenvalue weighted by Gasteiger charge is 2.31. The predicted molar refractivity (Wildman–Crippen MR) is 67.4 cm³/mol. The zero-order valence-electron chi connectivity index (χ0n) is 10.7. The topological polar surface area (TPSA) is 80.2 Å². The third-order valence-electron chi connectivity index (χ3n) is 2.28. The lowest BCUT2D eigenvalue weighted by Crippen LogP contribution is -2.42. The van der Waals surface area contributed by atoms with Crippen molar-refractivity contribution in [1.82, 2.24) is 15.2 Å². The molecule has 0 aliphatic rings. The Morgan fingerprint density at radius 2 is 2.00 bits per heavy atom. The molecule has 0 aliphatic carbocycles. The highest BCUT2D eigenvalue weighted by atomic mass is 19.4. The average molecular weight is 303 g/mol. The molecule has 0 fully saturated rings. The van der Waals surface area contributed by atoms with E-state index in [1.54, 1.807) is 0 Å². The minimum Gasteiger partial charge on any atom is -0.334 e. The van der Waals surface area contributed by atoms with Crippen molar-refractivity contribution in [2.24, 2.45) is 0 Å². The monoisotopic (exact) mass is 303 g/mol. The Morgan fingerprint density at radius 1 is 1.33 bits per heavy atom. The summed E-state index contributed by atoms with van der Waals surface area (Å²) in [4.78, 5) is 34.0. The standard InChI is InChI=1S/C12H12F3N3O3/c1-2-5-16-11(21)17-9(19)7-18-6-8(12(13,14)15)3-4-10(18)20/h2-4,6H,1,5,7H2,(H2,16,17,19,21). The normalized spacial score (nSPS) is 10.8. The van der Waals surface area contributed by atoms with Crippen molar-refractivity contribution in [3.05, 3.63) is 46.9 Å². The molecule has 0 aromatic carbocycles. The molecule has 2 N–H and O–H groups in total. The number of hydrogen-bond acceptors (Lipinski definition) is 3. The molecular weight excluding hydrogens is 291 g/mol. The summed E-state index contributed by atoms with van der Waals surface area (Å²) in [5, 5.41) is 4.11. The van der Waals surface area contributed by atoms with Crippen LogP contribution < -0.4 is 16.2 Å². The highest BCUT2D eigenvalue weighted by Crippen LogP contribution is 2.27. The fourth-order valence-electron chi connectivity index (χ4n) is 1.35. The number of amides is 3. The molecule has 9 heteroatoms. The Kier molecular flexibility index (Phi) is 5.28. The molecule has 3 amide bonds. The molecule has 1 aromatic rings. The van der Waals surface area contributed by atoms with E-state index in [0.29, 0.717) is 22.9 Å². The van der Waals surface area contributed by atoms with Crippen molar-refractivity contribution in [3.8, 4) is 0 Å². The summed E-state index contributed by atoms with van der Waals surface area (Å²) in [6.07, 6.45) is -2.74. The second-order valence-corrected chi connectivity index (χ2v) is 3.93. The van der Waals surface area contributed by atoms with Gasteiger partial charge in [-0.05, 0) is 6.07 Å². The van der Waals surface area contributed by atoms with E-state index in [1.165, 1.54) is 6.08 Å². The van der Waals surface area contributed by atoms with Crippen molar-refractivity contribution in [1.29, 1.82) is 0 Å². The first-order valence-corrected chi connectivity index (χ1v) is 5.70. The van der Waals surface area contributed by atoms with E-state index >= 15 is 0 Å². The predicted octanol–water partition coefficient (Wildman–Crippen LogP) is 0.879. The molecule has 6 nitrogen and oxygen atoms in total. The second kappa shape index (κ2) is 6.73. The van der Waals surface area contributed by atoms with E-state index in [0.717, 1.165) is 0 Å². The van der Waals surface area contributed by atoms with Gasteiger partial charge in [-0.1, -0.05) is 6.08 Å². The minimum atomic E-state index is -4.63.